The second-order valence-electron chi connectivity index (χ2n) is 11.8. The van der Waals surface area contributed by atoms with Crippen molar-refractivity contribution in [2.75, 3.05) is 26.4 Å². The van der Waals surface area contributed by atoms with Gasteiger partial charge in [0.1, 0.15) is 72.9 Å². The summed E-state index contributed by atoms with van der Waals surface area (Å²) in [4.78, 5) is 1.70. The van der Waals surface area contributed by atoms with Gasteiger partial charge in [0.25, 0.3) is 0 Å². The third kappa shape index (κ3) is 8.64. The second kappa shape index (κ2) is 17.4. The molecule has 2 aliphatic rings. The smallest absolute Gasteiger partial charge is 0.136 e. The highest BCUT2D eigenvalue weighted by Crippen LogP contribution is 2.37. The topological polar surface area (TPSA) is 158 Å². The van der Waals surface area contributed by atoms with Gasteiger partial charge in [0, 0.05) is 9.79 Å². The molecule has 10 nitrogen and oxygen atoms in total. The van der Waals surface area contributed by atoms with Crippen molar-refractivity contribution in [1.82, 2.24) is 0 Å². The van der Waals surface area contributed by atoms with Crippen molar-refractivity contribution in [3.8, 4) is 23.7 Å². The van der Waals surface area contributed by atoms with Crippen LogP contribution in [-0.2, 0) is 18.9 Å². The van der Waals surface area contributed by atoms with Crippen molar-refractivity contribution in [3.05, 3.63) is 84.9 Å². The Hall–Kier alpha value is -3.18. The van der Waals surface area contributed by atoms with Gasteiger partial charge in [0.2, 0.25) is 0 Å². The third-order valence-electron chi connectivity index (χ3n) is 8.53. The molecule has 262 valence electrons. The first kappa shape index (κ1) is 36.6. The molecule has 4 aromatic carbocycles. The zero-order valence-corrected chi connectivity index (χ0v) is 28.5. The largest absolute Gasteiger partial charge is 0.394 e. The number of benzene rings is 4. The average molecular weight is 719 g/mol. The molecule has 12 heteroatoms. The molecule has 2 aliphatic heterocycles. The Morgan fingerprint density at radius 3 is 1.34 bits per heavy atom. The number of hydrogen-bond acceptors (Lipinski definition) is 12. The molecule has 10 atom stereocenters. The monoisotopic (exact) mass is 718 g/mol. The molecule has 0 bridgehead atoms. The minimum absolute atomic E-state index is 0.164. The number of rotatable bonds is 10. The lowest BCUT2D eigenvalue weighted by molar-refractivity contribution is -0.217. The normalized spacial score (nSPS) is 29.6. The highest BCUT2D eigenvalue weighted by molar-refractivity contribution is 8.00. The number of ether oxygens (including phenoxy) is 4. The van der Waals surface area contributed by atoms with Gasteiger partial charge in [-0.1, -0.05) is 96.0 Å². The van der Waals surface area contributed by atoms with Crippen molar-refractivity contribution in [2.45, 2.75) is 69.5 Å². The number of aliphatic hydroxyl groups is 6. The van der Waals surface area contributed by atoms with Crippen LogP contribution in [0.2, 0.25) is 0 Å². The van der Waals surface area contributed by atoms with Crippen molar-refractivity contribution in [3.63, 3.8) is 0 Å². The van der Waals surface area contributed by atoms with Gasteiger partial charge in [-0.25, -0.2) is 0 Å². The van der Waals surface area contributed by atoms with Gasteiger partial charge >= 0.3 is 0 Å². The van der Waals surface area contributed by atoms with Crippen LogP contribution in [-0.4, -0.2) is 117 Å². The lowest BCUT2D eigenvalue weighted by Crippen LogP contribution is -2.58. The van der Waals surface area contributed by atoms with Crippen molar-refractivity contribution < 1.29 is 49.6 Å². The molecule has 2 saturated heterocycles. The van der Waals surface area contributed by atoms with Crippen LogP contribution in [0.3, 0.4) is 0 Å². The summed E-state index contributed by atoms with van der Waals surface area (Å²) >= 11 is 2.55. The molecule has 50 heavy (non-hydrogen) atoms. The van der Waals surface area contributed by atoms with E-state index in [1.807, 2.05) is 84.9 Å². The van der Waals surface area contributed by atoms with Gasteiger partial charge in [-0.05, 0) is 57.7 Å². The van der Waals surface area contributed by atoms with E-state index in [0.29, 0.717) is 0 Å². The average Bonchev–Trinajstić information content (AvgIpc) is 3.14. The summed E-state index contributed by atoms with van der Waals surface area (Å²) in [7, 11) is 0. The second-order valence-corrected chi connectivity index (χ2v) is 14.2. The zero-order valence-electron chi connectivity index (χ0n) is 26.8. The Kier molecular flexibility index (Phi) is 12.7. The zero-order chi connectivity index (χ0) is 35.0. The summed E-state index contributed by atoms with van der Waals surface area (Å²) in [6.45, 7) is -1.25. The molecule has 0 saturated carbocycles. The molecule has 2 fully saturated rings. The number of aliphatic hydroxyl groups excluding tert-OH is 6. The van der Waals surface area contributed by atoms with E-state index in [-0.39, 0.29) is 13.2 Å². The fourth-order valence-electron chi connectivity index (χ4n) is 5.88. The van der Waals surface area contributed by atoms with Crippen LogP contribution in [0.15, 0.2) is 94.7 Å². The van der Waals surface area contributed by atoms with E-state index in [4.69, 9.17) is 18.9 Å². The first-order valence-electron chi connectivity index (χ1n) is 16.1. The fraction of sp³-hybridized carbons (Fsp3) is 0.368. The van der Waals surface area contributed by atoms with Crippen LogP contribution in [0.4, 0.5) is 0 Å². The van der Waals surface area contributed by atoms with Crippen molar-refractivity contribution >= 4 is 45.1 Å². The summed E-state index contributed by atoms with van der Waals surface area (Å²) in [5.41, 5.74) is -1.61. The van der Waals surface area contributed by atoms with Crippen LogP contribution in [0.25, 0.3) is 21.5 Å². The maximum Gasteiger partial charge on any atom is 0.136 e. The van der Waals surface area contributed by atoms with Gasteiger partial charge in [-0.2, -0.15) is 0 Å². The van der Waals surface area contributed by atoms with Crippen LogP contribution >= 0.6 is 23.5 Å². The van der Waals surface area contributed by atoms with E-state index in [0.717, 1.165) is 31.3 Å². The Labute approximate surface area is 298 Å². The predicted octanol–water partition coefficient (Wildman–Crippen LogP) is 2.53. The quantitative estimate of drug-likeness (QED) is 0.133. The van der Waals surface area contributed by atoms with E-state index in [1.165, 1.54) is 23.5 Å². The summed E-state index contributed by atoms with van der Waals surface area (Å²) in [5.74, 6) is 10.7. The molecule has 0 aromatic heterocycles. The highest BCUT2D eigenvalue weighted by atomic mass is 32.2. The Bertz CT molecular complexity index is 1730. The Balaban J connectivity index is 1.02. The van der Waals surface area contributed by atoms with Crippen molar-refractivity contribution in [1.29, 1.82) is 0 Å². The lowest BCUT2D eigenvalue weighted by Gasteiger charge is -2.41. The molecule has 0 aliphatic carbocycles. The van der Waals surface area contributed by atoms with Crippen LogP contribution in [0.5, 0.6) is 0 Å². The number of thioether (sulfide) groups is 2. The molecule has 0 spiro atoms. The molecule has 6 N–H and O–H groups in total. The third-order valence-corrected chi connectivity index (χ3v) is 10.8. The van der Waals surface area contributed by atoms with E-state index >= 15 is 0 Å². The molecule has 0 radical (unpaired) electrons. The van der Waals surface area contributed by atoms with Gasteiger partial charge in [0.15, 0.2) is 0 Å². The lowest BCUT2D eigenvalue weighted by atomic mass is 10.00. The fourth-order valence-corrected chi connectivity index (χ4v) is 8.09. The van der Waals surface area contributed by atoms with Crippen molar-refractivity contribution in [2.24, 2.45) is 0 Å². The van der Waals surface area contributed by atoms with E-state index in [1.54, 1.807) is 0 Å². The molecule has 4 aromatic rings. The molecular formula is C38H38O10S2. The Morgan fingerprint density at radius 2 is 0.940 bits per heavy atom. The minimum Gasteiger partial charge on any atom is -0.394 e. The number of hydrogen-bond donors (Lipinski definition) is 6. The summed E-state index contributed by atoms with van der Waals surface area (Å²) in [5, 5.41) is 67.3. The van der Waals surface area contributed by atoms with Gasteiger partial charge < -0.3 is 49.6 Å². The molecule has 0 amide bonds. The number of fused-ring (bicyclic) bond motifs is 2. The summed E-state index contributed by atoms with van der Waals surface area (Å²) in [6.07, 6.45) is -9.05. The van der Waals surface area contributed by atoms with E-state index < -0.39 is 72.9 Å². The Morgan fingerprint density at radius 1 is 0.540 bits per heavy atom. The molecule has 2 heterocycles. The van der Waals surface area contributed by atoms with Crippen LogP contribution in [0, 0.1) is 23.7 Å². The maximum atomic E-state index is 11.0. The minimum atomic E-state index is -1.28. The van der Waals surface area contributed by atoms with Gasteiger partial charge in [0.05, 0.1) is 13.2 Å². The summed E-state index contributed by atoms with van der Waals surface area (Å²) in [6, 6.07) is 27.6. The SMILES string of the molecule is OC[C@H]1O[C@@H](Sc2ccc3ccccc3c2)[C@H](O)[C@@H](OCC#CC#CCO[C@H]2[C@@H](O)[C@@H](CO)O[C@@H](Sc3ccc4ccccc4c3)[C@@H]2O)[C@H]1O. The predicted molar refractivity (Wildman–Crippen MR) is 190 cm³/mol. The van der Waals surface area contributed by atoms with E-state index in [2.05, 4.69) is 23.7 Å². The molecule has 0 unspecified atom stereocenters. The van der Waals surface area contributed by atoms with Gasteiger partial charge in [-0.3, -0.25) is 0 Å². The maximum absolute atomic E-state index is 11.0. The molecular weight excluding hydrogens is 681 g/mol. The highest BCUT2D eigenvalue weighted by Gasteiger charge is 2.46. The van der Waals surface area contributed by atoms with E-state index in [9.17, 15) is 30.6 Å². The summed E-state index contributed by atoms with van der Waals surface area (Å²) < 4.78 is 23.1. The molecule has 6 rings (SSSR count). The van der Waals surface area contributed by atoms with Gasteiger partial charge in [-0.15, -0.1) is 0 Å². The van der Waals surface area contributed by atoms with Crippen LogP contribution in [0.1, 0.15) is 0 Å². The standard InChI is InChI=1S/C38H38O10S2/c39-21-29-31(41)35(33(43)37(47-29)49-27-15-13-23-9-3-5-11-25(23)19-27)45-17-7-1-2-8-18-46-36-32(42)30(22-40)48-38(34(36)44)50-28-16-14-24-10-4-6-12-26(24)20-28/h3-6,9-16,19-20,29-44H,17-18,21-22H2/t29-,30-,31+,32+,33-,34-,35+,36+,37+,38+/m1/s1. The first-order chi connectivity index (χ1) is 24.4. The first-order valence-corrected chi connectivity index (χ1v) is 17.9. The van der Waals surface area contributed by atoms with Crippen LogP contribution < -0.4 is 0 Å².